The van der Waals surface area contributed by atoms with Crippen molar-refractivity contribution in [1.29, 1.82) is 0 Å². The van der Waals surface area contributed by atoms with Gasteiger partial charge in [-0.25, -0.2) is 4.79 Å². The molecule has 0 aromatic heterocycles. The van der Waals surface area contributed by atoms with Crippen molar-refractivity contribution in [2.75, 3.05) is 6.54 Å². The van der Waals surface area contributed by atoms with Gasteiger partial charge >= 0.3 is 13.2 Å². The Labute approximate surface area is 192 Å². The molecule has 5 nitrogen and oxygen atoms in total. The smallest absolute Gasteiger partial charge is 0.444 e. The molecule has 0 spiro atoms. The lowest BCUT2D eigenvalue weighted by Crippen LogP contribution is -2.63. The Balaban J connectivity index is 1.98. The van der Waals surface area contributed by atoms with Crippen LogP contribution >= 0.6 is 0 Å². The molecule has 1 saturated heterocycles. The number of carbonyl (C=O) groups excluding carboxylic acids is 1. The van der Waals surface area contributed by atoms with Gasteiger partial charge in [-0.05, 0) is 71.6 Å². The van der Waals surface area contributed by atoms with E-state index in [1.165, 1.54) is 5.56 Å². The van der Waals surface area contributed by atoms with Crippen LogP contribution in [-0.4, -0.2) is 41.5 Å². The van der Waals surface area contributed by atoms with Gasteiger partial charge in [0.1, 0.15) is 11.0 Å². The zero-order valence-corrected chi connectivity index (χ0v) is 20.3. The van der Waals surface area contributed by atoms with Crippen molar-refractivity contribution >= 4 is 13.2 Å². The normalized spacial score (nSPS) is 24.2. The topological polar surface area (TPSA) is 48.0 Å². The summed E-state index contributed by atoms with van der Waals surface area (Å²) in [4.78, 5) is 15.5. The highest BCUT2D eigenvalue weighted by molar-refractivity contribution is 6.51. The van der Waals surface area contributed by atoms with E-state index in [-0.39, 0.29) is 6.09 Å². The summed E-state index contributed by atoms with van der Waals surface area (Å²) in [7, 11) is -0.705. The molecule has 2 heterocycles. The first kappa shape index (κ1) is 22.9. The number of carbonyl (C=O) groups is 1. The van der Waals surface area contributed by atoms with Gasteiger partial charge in [0.25, 0.3) is 0 Å². The zero-order chi connectivity index (χ0) is 23.4. The van der Waals surface area contributed by atoms with Crippen molar-refractivity contribution in [3.05, 3.63) is 71.3 Å². The Kier molecular flexibility index (Phi) is 5.46. The molecule has 1 atom stereocenters. The van der Waals surface area contributed by atoms with Gasteiger partial charge in [0, 0.05) is 6.54 Å². The van der Waals surface area contributed by atoms with Crippen LogP contribution in [0.15, 0.2) is 54.6 Å². The molecule has 2 aromatic rings. The van der Waals surface area contributed by atoms with Crippen LogP contribution in [0.25, 0.3) is 0 Å². The van der Waals surface area contributed by atoms with E-state index in [0.717, 1.165) is 17.5 Å². The number of fused-ring (bicyclic) bond motifs is 1. The van der Waals surface area contributed by atoms with Crippen LogP contribution in [0, 0.1) is 0 Å². The molecule has 4 rings (SSSR count). The van der Waals surface area contributed by atoms with Gasteiger partial charge in [-0.15, -0.1) is 0 Å². The Morgan fingerprint density at radius 3 is 2.09 bits per heavy atom. The average molecular weight is 435 g/mol. The fourth-order valence-electron chi connectivity index (χ4n) is 4.62. The predicted octanol–water partition coefficient (Wildman–Crippen LogP) is 5.35. The highest BCUT2D eigenvalue weighted by atomic mass is 16.7. The van der Waals surface area contributed by atoms with Crippen molar-refractivity contribution in [3.8, 4) is 0 Å². The van der Waals surface area contributed by atoms with Crippen LogP contribution in [0.2, 0.25) is 0 Å². The molecule has 0 saturated carbocycles. The first-order valence-corrected chi connectivity index (χ1v) is 11.4. The molecule has 32 heavy (non-hydrogen) atoms. The van der Waals surface area contributed by atoms with Crippen molar-refractivity contribution in [2.24, 2.45) is 0 Å². The van der Waals surface area contributed by atoms with Crippen molar-refractivity contribution in [3.63, 3.8) is 0 Å². The molecule has 0 bridgehead atoms. The van der Waals surface area contributed by atoms with Gasteiger partial charge < -0.3 is 14.0 Å². The lowest BCUT2D eigenvalue weighted by Gasteiger charge is -2.49. The van der Waals surface area contributed by atoms with Crippen molar-refractivity contribution < 1.29 is 18.8 Å². The van der Waals surface area contributed by atoms with Gasteiger partial charge in [-0.3, -0.25) is 4.90 Å². The summed E-state index contributed by atoms with van der Waals surface area (Å²) < 4.78 is 19.2. The number of ether oxygens (including phenoxy) is 1. The minimum Gasteiger partial charge on any atom is -0.444 e. The summed E-state index contributed by atoms with van der Waals surface area (Å²) in [5, 5.41) is 0. The molecule has 1 amide bonds. The number of hydrogen-bond acceptors (Lipinski definition) is 4. The fourth-order valence-corrected chi connectivity index (χ4v) is 4.62. The summed E-state index contributed by atoms with van der Waals surface area (Å²) in [5.41, 5.74) is 0.441. The summed E-state index contributed by atoms with van der Waals surface area (Å²) >= 11 is 0. The number of nitrogens with zero attached hydrogens (tertiary/aromatic N) is 1. The average Bonchev–Trinajstić information content (AvgIpc) is 2.93. The molecular formula is C26H34BNO4. The highest BCUT2D eigenvalue weighted by Gasteiger charge is 2.65. The number of amides is 1. The van der Waals surface area contributed by atoms with Crippen LogP contribution < -0.4 is 0 Å². The lowest BCUT2D eigenvalue weighted by atomic mass is 9.54. The number of hydrogen-bond donors (Lipinski definition) is 0. The predicted molar refractivity (Wildman–Crippen MR) is 126 cm³/mol. The Hall–Kier alpha value is -2.31. The summed E-state index contributed by atoms with van der Waals surface area (Å²) in [6.45, 7) is 14.3. The number of rotatable bonds is 2. The third-order valence-corrected chi connectivity index (χ3v) is 6.88. The maximum atomic E-state index is 13.7. The molecule has 0 radical (unpaired) electrons. The molecule has 2 aliphatic rings. The van der Waals surface area contributed by atoms with E-state index in [9.17, 15) is 4.79 Å². The van der Waals surface area contributed by atoms with Crippen LogP contribution in [0.4, 0.5) is 4.79 Å². The summed E-state index contributed by atoms with van der Waals surface area (Å²) in [5.74, 6) is 0. The Morgan fingerprint density at radius 1 is 0.938 bits per heavy atom. The summed E-state index contributed by atoms with van der Waals surface area (Å²) in [6.07, 6.45) is 0.370. The minimum atomic E-state index is -0.983. The van der Waals surface area contributed by atoms with E-state index in [0.29, 0.717) is 6.54 Å². The molecule has 0 N–H and O–H groups in total. The first-order valence-electron chi connectivity index (χ1n) is 11.4. The monoisotopic (exact) mass is 435 g/mol. The lowest BCUT2D eigenvalue weighted by molar-refractivity contribution is 0.00578. The first-order chi connectivity index (χ1) is 14.9. The molecule has 2 aromatic carbocycles. The van der Waals surface area contributed by atoms with Crippen LogP contribution in [-0.2, 0) is 25.9 Å². The Bertz CT molecular complexity index is 982. The summed E-state index contributed by atoms with van der Waals surface area (Å²) in [6, 6.07) is 18.3. The Morgan fingerprint density at radius 2 is 1.50 bits per heavy atom. The van der Waals surface area contributed by atoms with E-state index in [4.69, 9.17) is 14.0 Å². The molecular weight excluding hydrogens is 401 g/mol. The van der Waals surface area contributed by atoms with Gasteiger partial charge in [-0.2, -0.15) is 0 Å². The highest BCUT2D eigenvalue weighted by Crippen LogP contribution is 2.50. The minimum absolute atomic E-state index is 0.370. The maximum Gasteiger partial charge on any atom is 0.495 e. The zero-order valence-electron chi connectivity index (χ0n) is 20.3. The third kappa shape index (κ3) is 3.63. The van der Waals surface area contributed by atoms with Gasteiger partial charge in [0.2, 0.25) is 0 Å². The molecule has 1 fully saturated rings. The molecule has 0 aliphatic carbocycles. The molecule has 170 valence electrons. The van der Waals surface area contributed by atoms with E-state index in [2.05, 4.69) is 12.1 Å². The SMILES string of the molecule is CC(C)(C)OC(=O)N1CCc2ccccc2[C@]1(B1OC(C)(C)C(C)(C)O1)c1ccccc1. The fraction of sp³-hybridized carbons (Fsp3) is 0.500. The second-order valence-electron chi connectivity index (χ2n) is 10.8. The molecule has 0 unspecified atom stereocenters. The van der Waals surface area contributed by atoms with Crippen molar-refractivity contribution in [2.45, 2.75) is 77.1 Å². The van der Waals surface area contributed by atoms with Gasteiger partial charge in [0.15, 0.2) is 0 Å². The second-order valence-corrected chi connectivity index (χ2v) is 10.8. The quantitative estimate of drug-likeness (QED) is 0.597. The standard InChI is InChI=1S/C26H34BNO4/c1-23(2,3)30-22(29)28-18-17-19-13-11-12-16-21(19)26(28,20-14-9-8-10-15-20)27-31-24(4,5)25(6,7)32-27/h8-16H,17-18H2,1-7H3/t26-/m0/s1. The van der Waals surface area contributed by atoms with E-state index in [1.54, 1.807) is 0 Å². The van der Waals surface area contributed by atoms with Crippen LogP contribution in [0.5, 0.6) is 0 Å². The van der Waals surface area contributed by atoms with E-state index >= 15 is 0 Å². The largest absolute Gasteiger partial charge is 0.495 e. The van der Waals surface area contributed by atoms with Crippen molar-refractivity contribution in [1.82, 2.24) is 4.90 Å². The maximum absolute atomic E-state index is 13.7. The van der Waals surface area contributed by atoms with Gasteiger partial charge in [0.05, 0.1) is 11.2 Å². The van der Waals surface area contributed by atoms with Crippen LogP contribution in [0.3, 0.4) is 0 Å². The third-order valence-electron chi connectivity index (χ3n) is 6.88. The van der Waals surface area contributed by atoms with Gasteiger partial charge in [-0.1, -0.05) is 54.6 Å². The molecule has 6 heteroatoms. The molecule has 2 aliphatic heterocycles. The van der Waals surface area contributed by atoms with E-state index in [1.807, 2.05) is 95.8 Å². The second kappa shape index (κ2) is 7.63. The number of benzene rings is 2. The van der Waals surface area contributed by atoms with E-state index < -0.39 is 29.4 Å². The van der Waals surface area contributed by atoms with Crippen LogP contribution in [0.1, 0.15) is 65.2 Å².